The Morgan fingerprint density at radius 3 is 2.29 bits per heavy atom. The van der Waals surface area contributed by atoms with Gasteiger partial charge in [0.15, 0.2) is 0 Å². The van der Waals surface area contributed by atoms with Crippen LogP contribution in [0.25, 0.3) is 0 Å². The Labute approximate surface area is 416 Å². The molecule has 1 heterocycles. The number of ether oxygens (including phenoxy) is 4. The van der Waals surface area contributed by atoms with Crippen LogP contribution in [0.4, 0.5) is 9.18 Å². The van der Waals surface area contributed by atoms with Crippen molar-refractivity contribution in [3.05, 3.63) is 114 Å². The zero-order valence-corrected chi connectivity index (χ0v) is 42.2. The summed E-state index contributed by atoms with van der Waals surface area (Å²) in [5, 5.41) is 24.8. The number of hydrogen-bond acceptors (Lipinski definition) is 10. The number of hydrogen-bond donors (Lipinski definition) is 2. The Hall–Kier alpha value is -4.36. The van der Waals surface area contributed by atoms with Gasteiger partial charge in [-0.15, -0.1) is 18.3 Å². The van der Waals surface area contributed by atoms with Gasteiger partial charge in [0.2, 0.25) is 5.79 Å². The first kappa shape index (κ1) is 54.0. The van der Waals surface area contributed by atoms with Crippen LogP contribution in [0.2, 0.25) is 0 Å². The molecule has 3 aromatic carbocycles. The van der Waals surface area contributed by atoms with E-state index < -0.39 is 23.8 Å². The third-order valence-corrected chi connectivity index (χ3v) is 14.9. The number of oxime groups is 1. The van der Waals surface area contributed by atoms with E-state index in [0.717, 1.165) is 73.1 Å². The van der Waals surface area contributed by atoms with E-state index in [0.29, 0.717) is 37.5 Å². The molecule has 12 heteroatoms. The molecule has 1 saturated carbocycles. The van der Waals surface area contributed by atoms with Crippen molar-refractivity contribution in [3.63, 3.8) is 0 Å². The predicted molar refractivity (Wildman–Crippen MR) is 274 cm³/mol. The third-order valence-electron chi connectivity index (χ3n) is 13.9. The number of fused-ring (bicyclic) bond motifs is 2. The van der Waals surface area contributed by atoms with Gasteiger partial charge >= 0.3 is 6.09 Å². The van der Waals surface area contributed by atoms with Crippen molar-refractivity contribution in [2.45, 2.75) is 152 Å². The number of thioether (sulfide) groups is 1. The molecule has 1 amide bonds. The number of nitrogens with zero attached hydrogens (tertiary/aromatic N) is 2. The van der Waals surface area contributed by atoms with Crippen LogP contribution >= 0.6 is 11.8 Å². The van der Waals surface area contributed by atoms with Crippen molar-refractivity contribution in [3.8, 4) is 11.5 Å². The number of aliphatic hydroxyl groups excluding tert-OH is 2. The Balaban J connectivity index is 1.41. The molecule has 0 radical (unpaired) electrons. The van der Waals surface area contributed by atoms with Crippen LogP contribution < -0.4 is 9.47 Å². The molecule has 3 aliphatic rings. The maximum Gasteiger partial charge on any atom is 0.410 e. The molecule has 0 spiro atoms. The lowest BCUT2D eigenvalue weighted by molar-refractivity contribution is -0.256. The molecular weight excluding hydrogens is 892 g/mol. The number of aliphatic hydroxyl groups is 2. The van der Waals surface area contributed by atoms with Crippen molar-refractivity contribution in [2.24, 2.45) is 22.9 Å². The number of allylic oxidation sites excluding steroid dienone is 1. The van der Waals surface area contributed by atoms with E-state index in [1.54, 1.807) is 34.9 Å². The van der Waals surface area contributed by atoms with Gasteiger partial charge < -0.3 is 34.0 Å². The van der Waals surface area contributed by atoms with Gasteiger partial charge in [-0.1, -0.05) is 125 Å². The normalized spacial score (nSPS) is 22.0. The summed E-state index contributed by atoms with van der Waals surface area (Å²) in [4.78, 5) is 23.7. The number of carbonyl (C=O) groups is 1. The number of carbonyl (C=O) groups excluding carboxylic acids is 1. The quantitative estimate of drug-likeness (QED) is 0.0273. The molecule has 69 heavy (non-hydrogen) atoms. The Morgan fingerprint density at radius 1 is 0.884 bits per heavy atom. The minimum absolute atomic E-state index is 0.0585. The Bertz CT molecular complexity index is 2050. The maximum atomic E-state index is 14.9. The lowest BCUT2D eigenvalue weighted by Gasteiger charge is -2.59. The van der Waals surface area contributed by atoms with Crippen LogP contribution in [0.15, 0.2) is 107 Å². The van der Waals surface area contributed by atoms with Crippen LogP contribution in [-0.4, -0.2) is 84.1 Å². The van der Waals surface area contributed by atoms with E-state index in [4.69, 9.17) is 28.9 Å². The van der Waals surface area contributed by atoms with Gasteiger partial charge in [0.1, 0.15) is 30.0 Å². The van der Waals surface area contributed by atoms with Gasteiger partial charge in [-0.25, -0.2) is 9.18 Å². The highest BCUT2D eigenvalue weighted by molar-refractivity contribution is 7.99. The summed E-state index contributed by atoms with van der Waals surface area (Å²) in [5.41, 5.74) is 3.38. The summed E-state index contributed by atoms with van der Waals surface area (Å²) >= 11 is 1.75. The molecule has 6 rings (SSSR count). The summed E-state index contributed by atoms with van der Waals surface area (Å²) in [6, 6.07) is 21.8. The van der Waals surface area contributed by atoms with Crippen LogP contribution in [-0.2, 0) is 20.9 Å². The summed E-state index contributed by atoms with van der Waals surface area (Å²) in [6.07, 6.45) is 20.0. The predicted octanol–water partition coefficient (Wildman–Crippen LogP) is 13.2. The molecule has 10 nitrogen and oxygen atoms in total. The summed E-state index contributed by atoms with van der Waals surface area (Å²) in [5.74, 6) is -0.220. The molecular formula is C57H79FN2O8S. The van der Waals surface area contributed by atoms with Gasteiger partial charge in [0.05, 0.1) is 31.5 Å². The van der Waals surface area contributed by atoms with Crippen LogP contribution in [0.3, 0.4) is 0 Å². The van der Waals surface area contributed by atoms with Crippen molar-refractivity contribution in [2.75, 3.05) is 45.4 Å². The van der Waals surface area contributed by atoms with E-state index in [1.165, 1.54) is 62.0 Å². The monoisotopic (exact) mass is 971 g/mol. The molecule has 3 aromatic rings. The number of rotatable bonds is 32. The van der Waals surface area contributed by atoms with E-state index in [-0.39, 0.29) is 63.0 Å². The molecule has 1 aliphatic heterocycles. The standard InChI is InChI=1S/C57H79FN2O8S/c1-4-7-8-9-10-11-12-13-14-22-36-65-56(63)60(42-43-27-29-45(58)30-28-43)53-41-51(59-67-6-3)49-39-44(23-18-20-33-61)48(26-19-21-34-62)54-50-40-46(64-37-38-69-47-24-16-15-17-25-47)31-32-52(50)68-57(53,55(49)54)66-35-5-2/h5,15-17,24-25,27-32,39-40,44,48,53-55,61-62H,2,4,6-14,18-23,26,33-38,41-42H2,1,3H3/t44-,48+,53-,54+,55+,57+/m0/s1. The van der Waals surface area contributed by atoms with Crippen molar-refractivity contribution >= 4 is 23.6 Å². The minimum atomic E-state index is -1.46. The molecule has 2 N–H and O–H groups in total. The average molecular weight is 971 g/mol. The highest BCUT2D eigenvalue weighted by atomic mass is 32.2. The summed E-state index contributed by atoms with van der Waals surface area (Å²) < 4.78 is 41.7. The first-order valence-electron chi connectivity index (χ1n) is 26.1. The number of unbranched alkanes of at least 4 members (excludes halogenated alkanes) is 11. The molecule has 1 fully saturated rings. The molecule has 6 atom stereocenters. The minimum Gasteiger partial charge on any atom is -0.493 e. The molecule has 378 valence electrons. The van der Waals surface area contributed by atoms with Gasteiger partial charge in [0.25, 0.3) is 0 Å². The molecule has 0 bridgehead atoms. The Kier molecular flexibility index (Phi) is 22.8. The second-order valence-electron chi connectivity index (χ2n) is 18.8. The van der Waals surface area contributed by atoms with Gasteiger partial charge in [-0.05, 0) is 104 Å². The highest BCUT2D eigenvalue weighted by Gasteiger charge is 2.65. The van der Waals surface area contributed by atoms with E-state index >= 15 is 0 Å². The lowest BCUT2D eigenvalue weighted by Crippen LogP contribution is -2.70. The molecule has 2 aliphatic carbocycles. The SMILES string of the molecule is C=CCO[C@@]12Oc3ccc(OCCSc4ccccc4)cc3[C@H]3[C@H](CCCCO)[C@@H](CCCCO)C=C(C(=NOCC)C[C@@H]1N(Cc1ccc(F)cc1)C(=O)OCCCCCCCCCCCC)[C@H]32. The van der Waals surface area contributed by atoms with Crippen LogP contribution in [0, 0.1) is 23.6 Å². The van der Waals surface area contributed by atoms with Crippen LogP contribution in [0.5, 0.6) is 11.5 Å². The lowest BCUT2D eigenvalue weighted by atomic mass is 9.55. The zero-order valence-electron chi connectivity index (χ0n) is 41.4. The van der Waals surface area contributed by atoms with Gasteiger partial charge in [0, 0.05) is 48.3 Å². The smallest absolute Gasteiger partial charge is 0.410 e. The van der Waals surface area contributed by atoms with E-state index in [2.05, 4.69) is 37.8 Å². The summed E-state index contributed by atoms with van der Waals surface area (Å²) in [7, 11) is 0. The molecule has 0 saturated heterocycles. The van der Waals surface area contributed by atoms with E-state index in [9.17, 15) is 19.4 Å². The zero-order chi connectivity index (χ0) is 48.7. The maximum absolute atomic E-state index is 14.9. The summed E-state index contributed by atoms with van der Waals surface area (Å²) in [6.45, 7) is 9.76. The van der Waals surface area contributed by atoms with Crippen molar-refractivity contribution in [1.82, 2.24) is 4.90 Å². The molecule has 0 unspecified atom stereocenters. The van der Waals surface area contributed by atoms with Crippen molar-refractivity contribution in [1.29, 1.82) is 0 Å². The number of halogens is 1. The van der Waals surface area contributed by atoms with Crippen molar-refractivity contribution < 1.29 is 43.2 Å². The average Bonchev–Trinajstić information content (AvgIpc) is 3.37. The third kappa shape index (κ3) is 15.1. The van der Waals surface area contributed by atoms with E-state index in [1.807, 2.05) is 37.3 Å². The largest absolute Gasteiger partial charge is 0.493 e. The fourth-order valence-electron chi connectivity index (χ4n) is 10.6. The van der Waals surface area contributed by atoms with Gasteiger partial charge in [-0.3, -0.25) is 4.90 Å². The first-order valence-corrected chi connectivity index (χ1v) is 27.0. The number of amides is 1. The molecule has 0 aromatic heterocycles. The first-order chi connectivity index (χ1) is 33.9. The van der Waals surface area contributed by atoms with Crippen LogP contribution in [0.1, 0.15) is 140 Å². The topological polar surface area (TPSA) is 119 Å². The fourth-order valence-corrected chi connectivity index (χ4v) is 11.4. The second-order valence-corrected chi connectivity index (χ2v) is 19.9. The number of benzene rings is 3. The fraction of sp³-hybridized carbons (Fsp3) is 0.579. The highest BCUT2D eigenvalue weighted by Crippen LogP contribution is 2.62. The van der Waals surface area contributed by atoms with Gasteiger partial charge in [-0.2, -0.15) is 0 Å². The Morgan fingerprint density at radius 2 is 1.59 bits per heavy atom. The second kappa shape index (κ2) is 29.1.